The summed E-state index contributed by atoms with van der Waals surface area (Å²) >= 11 is 0. The molecule has 19 valence electrons. The zero-order chi connectivity index (χ0) is 2.71. The van der Waals surface area contributed by atoms with Crippen molar-refractivity contribution in [3.05, 3.63) is 10.4 Å². The van der Waals surface area contributed by atoms with E-state index in [4.69, 9.17) is 11.1 Å². The Morgan fingerprint density at radius 1 is 1.75 bits per heavy atom. The van der Waals surface area contributed by atoms with Crippen molar-refractivity contribution in [2.24, 2.45) is 0 Å². The third-order valence-electron chi connectivity index (χ3n) is 0. The zero-order valence-electron chi connectivity index (χ0n) is 1.97. The molecule has 0 aromatic heterocycles. The van der Waals surface area contributed by atoms with Crippen LogP contribution in [0.4, 0.5) is 0 Å². The Balaban J connectivity index is 0. The van der Waals surface area contributed by atoms with Crippen molar-refractivity contribution in [2.45, 2.75) is 0 Å². The number of hydrogen-bond acceptors (Lipinski definition) is 1. The van der Waals surface area contributed by atoms with Gasteiger partial charge < -0.3 is 0 Å². The van der Waals surface area contributed by atoms with Gasteiger partial charge in [0.05, 0.1) is 0 Å². The molecule has 0 saturated heterocycles. The summed E-state index contributed by atoms with van der Waals surface area (Å²) in [4.78, 5) is 1.75. The van der Waals surface area contributed by atoms with Crippen molar-refractivity contribution in [3.8, 4) is 0 Å². The molecule has 0 amide bonds. The van der Waals surface area contributed by atoms with E-state index in [1.54, 1.807) is 4.91 Å². The third kappa shape index (κ3) is 28.2. The van der Waals surface area contributed by atoms with Gasteiger partial charge in [0.15, 0.2) is 0 Å². The van der Waals surface area contributed by atoms with E-state index in [1.807, 2.05) is 0 Å². The Kier molecular flexibility index (Phi) is 22.0. The molecular weight excluding hydrogens is 131 g/mol. The first-order valence-electron chi connectivity index (χ1n) is 0.424. The molecule has 0 bridgehead atoms. The Bertz CT molecular complexity index is 24.3. The maximum absolute atomic E-state index is 6.86. The van der Waals surface area contributed by atoms with Crippen LogP contribution in [0.15, 0.2) is 0 Å². The largest absolute Gasteiger partial charge is 0.108 e. The van der Waals surface area contributed by atoms with Gasteiger partial charge in [0, 0.05) is 32.7 Å². The van der Waals surface area contributed by atoms with Crippen LogP contribution in [0.3, 0.4) is 0 Å². The van der Waals surface area contributed by atoms with Gasteiger partial charge in [-0.3, -0.25) is 0 Å². The molecule has 0 aliphatic carbocycles. The van der Waals surface area contributed by atoms with Crippen LogP contribution >= 0.6 is 0 Å². The second-order valence-corrected chi connectivity index (χ2v) is 0.100. The average Bonchev–Trinajstić information content (AvgIpc) is 0.918. The monoisotopic (exact) mass is 132 g/mol. The third-order valence-corrected chi connectivity index (χ3v) is 0. The predicted molar refractivity (Wildman–Crippen MR) is 9.44 cm³/mol. The van der Waals surface area contributed by atoms with Crippen LogP contribution in [-0.4, -0.2) is 0 Å². The van der Waals surface area contributed by atoms with Crippen molar-refractivity contribution in [1.29, 1.82) is 5.53 Å². The number of rotatable bonds is 0. The fourth-order valence-electron chi connectivity index (χ4n) is 0. The van der Waals surface area contributed by atoms with Crippen LogP contribution in [0.25, 0.3) is 10.4 Å². The topological polar surface area (TPSA) is 60.3 Å². The molecule has 0 unspecified atom stereocenters. The first-order valence-corrected chi connectivity index (χ1v) is 0.424. The summed E-state index contributed by atoms with van der Waals surface area (Å²) in [7, 11) is 0. The standard InChI is InChI=1S/HN3.Y/c1-3-2;/h1H;. The molecule has 0 saturated carbocycles. The van der Waals surface area contributed by atoms with E-state index in [-0.39, 0.29) is 32.7 Å². The molecule has 0 rings (SSSR count). The van der Waals surface area contributed by atoms with Crippen LogP contribution in [0, 0.1) is 5.53 Å². The zero-order valence-corrected chi connectivity index (χ0v) is 4.81. The molecule has 1 radical (unpaired) electrons. The minimum atomic E-state index is 0. The Morgan fingerprint density at radius 2 is 1.75 bits per heavy atom. The van der Waals surface area contributed by atoms with E-state index < -0.39 is 0 Å². The quantitative estimate of drug-likeness (QED) is 0.289. The molecule has 0 aromatic carbocycles. The molecule has 4 heteroatoms. The van der Waals surface area contributed by atoms with E-state index >= 15 is 0 Å². The SMILES string of the molecule is [N-]=[N+]=N.[Y]. The molecule has 0 atom stereocenters. The smallest absolute Gasteiger partial charge is 0 e. The first-order chi connectivity index (χ1) is 1.41. The minimum Gasteiger partial charge on any atom is -0.108 e. The summed E-state index contributed by atoms with van der Waals surface area (Å²) < 4.78 is 0. The van der Waals surface area contributed by atoms with Crippen molar-refractivity contribution < 1.29 is 32.7 Å². The number of nitrogens with one attached hydrogen (secondary N) is 1. The summed E-state index contributed by atoms with van der Waals surface area (Å²) in [5.74, 6) is 0. The van der Waals surface area contributed by atoms with E-state index in [0.29, 0.717) is 0 Å². The molecule has 1 N–H and O–H groups in total. The van der Waals surface area contributed by atoms with E-state index in [9.17, 15) is 0 Å². The normalized spacial score (nSPS) is 2.00. The maximum atomic E-state index is 6.86. The van der Waals surface area contributed by atoms with Crippen LogP contribution < -0.4 is 0 Å². The summed E-state index contributed by atoms with van der Waals surface area (Å²) in [5, 5.41) is 0. The Morgan fingerprint density at radius 3 is 1.75 bits per heavy atom. The van der Waals surface area contributed by atoms with Gasteiger partial charge in [0.2, 0.25) is 0 Å². The van der Waals surface area contributed by atoms with Gasteiger partial charge in [0.25, 0.3) is 0 Å². The van der Waals surface area contributed by atoms with E-state index in [0.717, 1.165) is 0 Å². The van der Waals surface area contributed by atoms with Crippen molar-refractivity contribution in [3.63, 3.8) is 0 Å². The molecule has 4 heavy (non-hydrogen) atoms. The molecule has 3 nitrogen and oxygen atoms in total. The Labute approximate surface area is 48.7 Å². The van der Waals surface area contributed by atoms with Crippen LogP contribution in [0.2, 0.25) is 0 Å². The van der Waals surface area contributed by atoms with E-state index in [2.05, 4.69) is 0 Å². The first kappa shape index (κ1) is 8.83. The average molecular weight is 132 g/mol. The fraction of sp³-hybridized carbons (Fsp3) is 0. The van der Waals surface area contributed by atoms with E-state index in [1.165, 1.54) is 0 Å². The second kappa shape index (κ2) is 9.95. The molecule has 0 heterocycles. The van der Waals surface area contributed by atoms with Gasteiger partial charge in [-0.25, -0.2) is 0 Å². The predicted octanol–water partition coefficient (Wildman–Crippen LogP) is 0.873. The number of nitrogens with zero attached hydrogens (tertiary/aromatic N) is 2. The summed E-state index contributed by atoms with van der Waals surface area (Å²) in [6.07, 6.45) is 0. The van der Waals surface area contributed by atoms with Gasteiger partial charge in [-0.2, -0.15) is 0 Å². The molecular formula is HN3Y. The molecule has 0 aliphatic heterocycles. The van der Waals surface area contributed by atoms with Gasteiger partial charge in [-0.05, 0) is 10.4 Å². The van der Waals surface area contributed by atoms with Crippen molar-refractivity contribution in [1.82, 2.24) is 0 Å². The van der Waals surface area contributed by atoms with Crippen molar-refractivity contribution >= 4 is 0 Å². The second-order valence-electron chi connectivity index (χ2n) is 0.100. The molecule has 0 fully saturated rings. The molecule has 0 spiro atoms. The maximum Gasteiger partial charge on any atom is 0 e. The van der Waals surface area contributed by atoms with Crippen LogP contribution in [0.1, 0.15) is 0 Å². The number of hydrogen-bond donors (Lipinski definition) is 1. The van der Waals surface area contributed by atoms with Gasteiger partial charge in [-0.15, -0.1) is 5.53 Å². The van der Waals surface area contributed by atoms with Crippen LogP contribution in [0.5, 0.6) is 0 Å². The summed E-state index contributed by atoms with van der Waals surface area (Å²) in [5.41, 5.74) is 12.2. The molecule has 0 aromatic rings. The summed E-state index contributed by atoms with van der Waals surface area (Å²) in [6.45, 7) is 0. The minimum absolute atomic E-state index is 0. The fourth-order valence-corrected chi connectivity index (χ4v) is 0. The van der Waals surface area contributed by atoms with Gasteiger partial charge in [0.1, 0.15) is 0 Å². The Hall–Kier alpha value is 0.414. The summed E-state index contributed by atoms with van der Waals surface area (Å²) in [6, 6.07) is 0. The van der Waals surface area contributed by atoms with Crippen molar-refractivity contribution in [2.75, 3.05) is 0 Å². The van der Waals surface area contributed by atoms with Crippen LogP contribution in [-0.2, 0) is 32.7 Å². The van der Waals surface area contributed by atoms with Gasteiger partial charge in [-0.1, -0.05) is 0 Å². The van der Waals surface area contributed by atoms with Gasteiger partial charge >= 0.3 is 0 Å². The molecule has 0 aliphatic rings.